The fourth-order valence-electron chi connectivity index (χ4n) is 2.68. The lowest BCUT2D eigenvalue weighted by atomic mass is 10.1. The van der Waals surface area contributed by atoms with Crippen molar-refractivity contribution >= 4 is 68.4 Å². The summed E-state index contributed by atoms with van der Waals surface area (Å²) in [5.74, 6) is 1.86. The number of nitrogens with two attached hydrogens (primary N) is 1. The van der Waals surface area contributed by atoms with Gasteiger partial charge in [-0.25, -0.2) is 4.99 Å². The fourth-order valence-corrected chi connectivity index (χ4v) is 6.34. The average molecular weight is 442 g/mol. The van der Waals surface area contributed by atoms with Gasteiger partial charge in [0.25, 0.3) is 0 Å². The highest BCUT2D eigenvalue weighted by molar-refractivity contribution is 8.77. The van der Waals surface area contributed by atoms with Crippen LogP contribution in [0.2, 0.25) is 0 Å². The number of anilines is 1. The minimum absolute atomic E-state index is 0. The van der Waals surface area contributed by atoms with Crippen molar-refractivity contribution in [3.63, 3.8) is 0 Å². The lowest BCUT2D eigenvalue weighted by Crippen LogP contribution is -2.11. The van der Waals surface area contributed by atoms with Crippen molar-refractivity contribution in [3.05, 3.63) is 46.7 Å². The van der Waals surface area contributed by atoms with Crippen molar-refractivity contribution in [3.8, 4) is 0 Å². The average Bonchev–Trinajstić information content (AvgIpc) is 3.34. The van der Waals surface area contributed by atoms with E-state index in [1.54, 1.807) is 11.3 Å². The maximum atomic E-state index is 12.1. The predicted octanol–water partition coefficient (Wildman–Crippen LogP) is 5.86. The number of carbonyl (C=O) groups is 1. The molecule has 1 amide bonds. The largest absolute Gasteiger partial charge is 0.383 e. The van der Waals surface area contributed by atoms with E-state index in [4.69, 9.17) is 5.73 Å². The van der Waals surface area contributed by atoms with Gasteiger partial charge in [-0.15, -0.1) is 23.7 Å². The van der Waals surface area contributed by atoms with Crippen LogP contribution in [-0.2, 0) is 4.79 Å². The summed E-state index contributed by atoms with van der Waals surface area (Å²) in [7, 11) is 3.98. The van der Waals surface area contributed by atoms with Gasteiger partial charge in [0.1, 0.15) is 5.84 Å². The first-order valence-electron chi connectivity index (χ1n) is 8.77. The first-order chi connectivity index (χ1) is 12.7. The van der Waals surface area contributed by atoms with E-state index < -0.39 is 0 Å². The zero-order valence-electron chi connectivity index (χ0n) is 14.9. The first kappa shape index (κ1) is 22.1. The number of hydrogen-bond acceptors (Lipinski definition) is 5. The Morgan fingerprint density at radius 2 is 2.04 bits per heavy atom. The number of nitrogens with zero attached hydrogens (tertiary/aromatic N) is 1. The number of rotatable bonds is 8. The van der Waals surface area contributed by atoms with Crippen LogP contribution in [0.15, 0.2) is 46.8 Å². The quantitative estimate of drug-likeness (QED) is 0.233. The molecule has 1 aliphatic heterocycles. The van der Waals surface area contributed by atoms with Crippen LogP contribution in [-0.4, -0.2) is 22.7 Å². The summed E-state index contributed by atoms with van der Waals surface area (Å²) in [6.45, 7) is 0. The summed E-state index contributed by atoms with van der Waals surface area (Å²) >= 11 is 1.56. The van der Waals surface area contributed by atoms with Crippen LogP contribution in [0.5, 0.6) is 0 Å². The van der Waals surface area contributed by atoms with Gasteiger partial charge in [-0.05, 0) is 55.0 Å². The number of aliphatic imine (C=N–C) groups is 1. The number of unbranched alkanes of at least 4 members (excludes halogenated alkanes) is 1. The third-order valence-electron chi connectivity index (χ3n) is 4.08. The van der Waals surface area contributed by atoms with Gasteiger partial charge >= 0.3 is 0 Å². The molecule has 1 saturated heterocycles. The number of carbonyl (C=O) groups excluding carboxylic acids is 1. The number of hydrogen-bond donors (Lipinski definition) is 2. The second-order valence-corrected chi connectivity index (χ2v) is 9.88. The molecule has 1 aromatic carbocycles. The van der Waals surface area contributed by atoms with E-state index in [2.05, 4.69) is 10.3 Å². The molecule has 27 heavy (non-hydrogen) atoms. The molecule has 0 saturated carbocycles. The van der Waals surface area contributed by atoms with Crippen LogP contribution in [0.3, 0.4) is 0 Å². The van der Waals surface area contributed by atoms with E-state index in [1.165, 1.54) is 18.6 Å². The van der Waals surface area contributed by atoms with Gasteiger partial charge in [-0.3, -0.25) is 4.79 Å². The molecule has 8 heteroatoms. The van der Waals surface area contributed by atoms with Gasteiger partial charge in [0, 0.05) is 23.1 Å². The van der Waals surface area contributed by atoms with E-state index >= 15 is 0 Å². The zero-order valence-corrected chi connectivity index (χ0v) is 18.2. The Morgan fingerprint density at radius 1 is 1.22 bits per heavy atom. The maximum absolute atomic E-state index is 12.1. The summed E-state index contributed by atoms with van der Waals surface area (Å²) in [6, 6.07) is 11.4. The molecule has 146 valence electrons. The van der Waals surface area contributed by atoms with Gasteiger partial charge in [0.15, 0.2) is 0 Å². The lowest BCUT2D eigenvalue weighted by molar-refractivity contribution is -0.116. The second kappa shape index (κ2) is 11.6. The van der Waals surface area contributed by atoms with Crippen LogP contribution in [0.25, 0.3) is 0 Å². The van der Waals surface area contributed by atoms with Crippen molar-refractivity contribution in [2.24, 2.45) is 10.7 Å². The Balaban J connectivity index is 0.00000261. The normalized spacial score (nSPS) is 16.7. The molecule has 1 unspecified atom stereocenters. The Kier molecular flexibility index (Phi) is 9.54. The molecule has 1 fully saturated rings. The molecule has 4 nitrogen and oxygen atoms in total. The SMILES string of the molecule is Cl.NC(=Nc1ccc(NC(=O)CCCCC2CCSS2)cc1)c1cccs1. The van der Waals surface area contributed by atoms with Gasteiger partial charge in [-0.2, -0.15) is 0 Å². The number of nitrogens with one attached hydrogen (secondary N) is 1. The molecule has 1 aliphatic rings. The molecule has 2 aromatic rings. The van der Waals surface area contributed by atoms with Crippen molar-refractivity contribution in [1.29, 1.82) is 0 Å². The standard InChI is InChI=1S/C19H23N3OS3.ClH/c20-19(17-5-3-12-24-17)22-15-9-7-14(8-10-15)21-18(23)6-2-1-4-16-11-13-25-26-16;/h3,5,7-10,12,16H,1-2,4,6,11,13H2,(H2,20,22)(H,21,23);1H. The molecule has 1 aromatic heterocycles. The van der Waals surface area contributed by atoms with E-state index in [1.807, 2.05) is 63.4 Å². The lowest BCUT2D eigenvalue weighted by Gasteiger charge is -2.08. The third kappa shape index (κ3) is 7.41. The Hall–Kier alpha value is -1.15. The topological polar surface area (TPSA) is 67.5 Å². The van der Waals surface area contributed by atoms with Gasteiger partial charge in [-0.1, -0.05) is 34.1 Å². The van der Waals surface area contributed by atoms with Gasteiger partial charge in [0.05, 0.1) is 10.6 Å². The highest BCUT2D eigenvalue weighted by Crippen LogP contribution is 2.39. The maximum Gasteiger partial charge on any atom is 0.224 e. The predicted molar refractivity (Wildman–Crippen MR) is 124 cm³/mol. The Morgan fingerprint density at radius 3 is 2.70 bits per heavy atom. The van der Waals surface area contributed by atoms with Crippen molar-refractivity contribution < 1.29 is 4.79 Å². The molecule has 0 aliphatic carbocycles. The summed E-state index contributed by atoms with van der Waals surface area (Å²) in [5, 5.41) is 5.72. The summed E-state index contributed by atoms with van der Waals surface area (Å²) in [4.78, 5) is 17.4. The molecule has 3 N–H and O–H groups in total. The third-order valence-corrected chi connectivity index (χ3v) is 7.98. The van der Waals surface area contributed by atoms with Crippen LogP contribution in [0.4, 0.5) is 11.4 Å². The van der Waals surface area contributed by atoms with Crippen LogP contribution in [0.1, 0.15) is 37.0 Å². The second-order valence-electron chi connectivity index (χ2n) is 6.14. The smallest absolute Gasteiger partial charge is 0.224 e. The summed E-state index contributed by atoms with van der Waals surface area (Å²) < 4.78 is 0. The molecule has 1 atom stereocenters. The number of amides is 1. The molecular weight excluding hydrogens is 418 g/mol. The zero-order chi connectivity index (χ0) is 18.2. The van der Waals surface area contributed by atoms with Crippen molar-refractivity contribution in [2.75, 3.05) is 11.1 Å². The summed E-state index contributed by atoms with van der Waals surface area (Å²) in [6.07, 6.45) is 5.20. The minimum atomic E-state index is 0. The Bertz CT molecular complexity index is 729. The molecule has 2 heterocycles. The minimum Gasteiger partial charge on any atom is -0.383 e. The van der Waals surface area contributed by atoms with Crippen molar-refractivity contribution in [1.82, 2.24) is 0 Å². The van der Waals surface area contributed by atoms with Crippen LogP contribution < -0.4 is 11.1 Å². The number of benzene rings is 1. The Labute approximate surface area is 178 Å². The number of amidine groups is 1. The molecule has 3 rings (SSSR count). The van der Waals surface area contributed by atoms with Crippen LogP contribution in [0, 0.1) is 0 Å². The van der Waals surface area contributed by atoms with Crippen molar-refractivity contribution in [2.45, 2.75) is 37.4 Å². The van der Waals surface area contributed by atoms with Gasteiger partial charge < -0.3 is 11.1 Å². The van der Waals surface area contributed by atoms with E-state index in [0.29, 0.717) is 12.3 Å². The van der Waals surface area contributed by atoms with E-state index in [9.17, 15) is 4.79 Å². The highest BCUT2D eigenvalue weighted by atomic mass is 35.5. The monoisotopic (exact) mass is 441 g/mol. The van der Waals surface area contributed by atoms with E-state index in [-0.39, 0.29) is 18.3 Å². The molecule has 0 radical (unpaired) electrons. The highest BCUT2D eigenvalue weighted by Gasteiger charge is 2.15. The molecule has 0 spiro atoms. The van der Waals surface area contributed by atoms with Gasteiger partial charge in [0.2, 0.25) is 5.91 Å². The fraction of sp³-hybridized carbons (Fsp3) is 0.368. The van der Waals surface area contributed by atoms with Crippen LogP contribution >= 0.6 is 45.3 Å². The number of thiophene rings is 1. The summed E-state index contributed by atoms with van der Waals surface area (Å²) in [5.41, 5.74) is 7.57. The molecule has 0 bridgehead atoms. The molecular formula is C19H24ClN3OS3. The first-order valence-corrected chi connectivity index (χ1v) is 12.0. The van der Waals surface area contributed by atoms with E-state index in [0.717, 1.165) is 34.3 Å². The number of halogens is 1.